The lowest BCUT2D eigenvalue weighted by atomic mass is 9.94. The van der Waals surface area contributed by atoms with Crippen LogP contribution in [-0.4, -0.2) is 17.0 Å². The van der Waals surface area contributed by atoms with Gasteiger partial charge < -0.3 is 11.1 Å². The largest absolute Gasteiger partial charge is 0.378 e. The van der Waals surface area contributed by atoms with Crippen LogP contribution >= 0.6 is 11.6 Å². The van der Waals surface area contributed by atoms with Crippen molar-refractivity contribution in [3.63, 3.8) is 0 Å². The maximum atomic E-state index is 10.9. The van der Waals surface area contributed by atoms with Gasteiger partial charge in [0, 0.05) is 23.2 Å². The molecule has 0 radical (unpaired) electrons. The summed E-state index contributed by atoms with van der Waals surface area (Å²) in [6.07, 6.45) is 1.61. The number of nitrogens with one attached hydrogen (secondary N) is 1. The maximum Gasteiger partial charge on any atom is 0.293 e. The highest BCUT2D eigenvalue weighted by molar-refractivity contribution is 6.30. The summed E-state index contributed by atoms with van der Waals surface area (Å²) >= 11 is 5.75. The number of nitrogens with two attached hydrogens (primary N) is 1. The number of halogens is 1. The Morgan fingerprint density at radius 3 is 2.56 bits per heavy atom. The van der Waals surface area contributed by atoms with E-state index >= 15 is 0 Å². The van der Waals surface area contributed by atoms with Crippen molar-refractivity contribution in [2.75, 3.05) is 11.9 Å². The van der Waals surface area contributed by atoms with Gasteiger partial charge >= 0.3 is 0 Å². The van der Waals surface area contributed by atoms with E-state index in [0.29, 0.717) is 17.3 Å². The predicted octanol–water partition coefficient (Wildman–Crippen LogP) is 3.18. The summed E-state index contributed by atoms with van der Waals surface area (Å²) in [5, 5.41) is 14.3. The van der Waals surface area contributed by atoms with Gasteiger partial charge in [-0.15, -0.1) is 0 Å². The molecule has 0 atom stereocenters. The van der Waals surface area contributed by atoms with Crippen LogP contribution in [0.2, 0.25) is 5.02 Å². The van der Waals surface area contributed by atoms with E-state index in [2.05, 4.69) is 5.32 Å². The number of benzene rings is 1. The van der Waals surface area contributed by atoms with Crippen molar-refractivity contribution < 1.29 is 4.92 Å². The normalized spacial score (nSPS) is 11.3. The van der Waals surface area contributed by atoms with Gasteiger partial charge in [-0.1, -0.05) is 25.4 Å². The monoisotopic (exact) mass is 271 g/mol. The highest BCUT2D eigenvalue weighted by Crippen LogP contribution is 2.28. The number of nitro benzene ring substituents is 1. The zero-order valence-electron chi connectivity index (χ0n) is 10.6. The number of hydrogen-bond donors (Lipinski definition) is 2. The Kier molecular flexibility index (Phi) is 4.93. The Balaban J connectivity index is 2.88. The van der Waals surface area contributed by atoms with E-state index in [0.717, 1.165) is 12.8 Å². The summed E-state index contributed by atoms with van der Waals surface area (Å²) < 4.78 is 0. The zero-order chi connectivity index (χ0) is 13.8. The summed E-state index contributed by atoms with van der Waals surface area (Å²) in [6, 6.07) is 4.55. The summed E-state index contributed by atoms with van der Waals surface area (Å²) in [4.78, 5) is 10.5. The van der Waals surface area contributed by atoms with E-state index in [1.165, 1.54) is 6.07 Å². The van der Waals surface area contributed by atoms with E-state index in [1.54, 1.807) is 12.1 Å². The molecule has 0 spiro atoms. The molecule has 0 fully saturated rings. The van der Waals surface area contributed by atoms with E-state index in [-0.39, 0.29) is 11.2 Å². The lowest BCUT2D eigenvalue weighted by molar-refractivity contribution is -0.383. The van der Waals surface area contributed by atoms with Gasteiger partial charge in [-0.2, -0.15) is 0 Å². The van der Waals surface area contributed by atoms with Crippen molar-refractivity contribution in [2.24, 2.45) is 5.73 Å². The molecule has 0 saturated heterocycles. The molecule has 5 nitrogen and oxygen atoms in total. The van der Waals surface area contributed by atoms with Crippen LogP contribution in [0.1, 0.15) is 26.7 Å². The van der Waals surface area contributed by atoms with Crippen LogP contribution in [0.4, 0.5) is 11.4 Å². The molecule has 100 valence electrons. The van der Waals surface area contributed by atoms with Crippen molar-refractivity contribution in [3.8, 4) is 0 Å². The van der Waals surface area contributed by atoms with Crippen LogP contribution in [0, 0.1) is 10.1 Å². The molecule has 0 heterocycles. The molecular weight excluding hydrogens is 254 g/mol. The van der Waals surface area contributed by atoms with Crippen LogP contribution in [0.5, 0.6) is 0 Å². The lowest BCUT2D eigenvalue weighted by Crippen LogP contribution is -2.45. The fourth-order valence-corrected chi connectivity index (χ4v) is 1.74. The average Bonchev–Trinajstić information content (AvgIpc) is 2.36. The molecule has 18 heavy (non-hydrogen) atoms. The predicted molar refractivity (Wildman–Crippen MR) is 74.1 cm³/mol. The number of nitro groups is 1. The van der Waals surface area contributed by atoms with Gasteiger partial charge in [-0.25, -0.2) is 0 Å². The molecule has 1 aromatic carbocycles. The van der Waals surface area contributed by atoms with Crippen molar-refractivity contribution in [2.45, 2.75) is 32.2 Å². The Labute approximate surface area is 111 Å². The Hall–Kier alpha value is -1.33. The zero-order valence-corrected chi connectivity index (χ0v) is 11.3. The van der Waals surface area contributed by atoms with Crippen LogP contribution in [0.3, 0.4) is 0 Å². The first-order valence-electron chi connectivity index (χ1n) is 5.88. The fraction of sp³-hybridized carbons (Fsp3) is 0.500. The maximum absolute atomic E-state index is 10.9. The van der Waals surface area contributed by atoms with Gasteiger partial charge in [-0.05, 0) is 25.0 Å². The highest BCUT2D eigenvalue weighted by Gasteiger charge is 2.22. The summed E-state index contributed by atoms with van der Waals surface area (Å²) in [7, 11) is 0. The Morgan fingerprint density at radius 1 is 1.44 bits per heavy atom. The average molecular weight is 272 g/mol. The third-order valence-electron chi connectivity index (χ3n) is 3.20. The number of hydrogen-bond acceptors (Lipinski definition) is 4. The van der Waals surface area contributed by atoms with Crippen LogP contribution in [0.25, 0.3) is 0 Å². The van der Waals surface area contributed by atoms with Crippen molar-refractivity contribution in [1.29, 1.82) is 0 Å². The number of anilines is 1. The minimum atomic E-state index is -0.454. The molecule has 0 aliphatic heterocycles. The molecule has 0 saturated carbocycles. The summed E-state index contributed by atoms with van der Waals surface area (Å²) in [5.41, 5.74) is 6.20. The molecule has 0 aliphatic rings. The first kappa shape index (κ1) is 14.7. The van der Waals surface area contributed by atoms with Gasteiger partial charge in [0.15, 0.2) is 0 Å². The lowest BCUT2D eigenvalue weighted by Gasteiger charge is -2.27. The molecule has 3 N–H and O–H groups in total. The number of rotatable bonds is 6. The molecular formula is C12H18ClN3O2. The van der Waals surface area contributed by atoms with Crippen LogP contribution < -0.4 is 11.1 Å². The molecule has 1 aromatic rings. The van der Waals surface area contributed by atoms with E-state index in [1.807, 2.05) is 13.8 Å². The standard InChI is InChI=1S/C12H18ClN3O2/c1-3-12(14,4-2)8-15-10-6-5-9(13)7-11(10)16(17)18/h5-7,15H,3-4,8,14H2,1-2H3. The van der Waals surface area contributed by atoms with Gasteiger partial charge in [0.1, 0.15) is 5.69 Å². The van der Waals surface area contributed by atoms with Crippen molar-refractivity contribution in [3.05, 3.63) is 33.3 Å². The summed E-state index contributed by atoms with van der Waals surface area (Å²) in [5.74, 6) is 0. The first-order valence-corrected chi connectivity index (χ1v) is 6.26. The fourth-order valence-electron chi connectivity index (χ4n) is 1.58. The Bertz CT molecular complexity index is 433. The second-order valence-electron chi connectivity index (χ2n) is 4.34. The van der Waals surface area contributed by atoms with Crippen molar-refractivity contribution >= 4 is 23.0 Å². The smallest absolute Gasteiger partial charge is 0.293 e. The first-order chi connectivity index (χ1) is 8.41. The second kappa shape index (κ2) is 6.02. The molecule has 0 aliphatic carbocycles. The summed E-state index contributed by atoms with van der Waals surface area (Å²) in [6.45, 7) is 4.49. The topological polar surface area (TPSA) is 81.2 Å². The third kappa shape index (κ3) is 3.58. The highest BCUT2D eigenvalue weighted by atomic mass is 35.5. The van der Waals surface area contributed by atoms with Gasteiger partial charge in [0.25, 0.3) is 5.69 Å². The molecule has 0 unspecified atom stereocenters. The van der Waals surface area contributed by atoms with E-state index in [4.69, 9.17) is 17.3 Å². The number of nitrogens with zero attached hydrogens (tertiary/aromatic N) is 1. The molecule has 6 heteroatoms. The SMILES string of the molecule is CCC(N)(CC)CNc1ccc(Cl)cc1[N+](=O)[O-]. The van der Waals surface area contributed by atoms with E-state index < -0.39 is 4.92 Å². The second-order valence-corrected chi connectivity index (χ2v) is 4.78. The van der Waals surface area contributed by atoms with Crippen molar-refractivity contribution in [1.82, 2.24) is 0 Å². The van der Waals surface area contributed by atoms with Gasteiger partial charge in [0.05, 0.1) is 4.92 Å². The minimum absolute atomic E-state index is 0.0305. The third-order valence-corrected chi connectivity index (χ3v) is 3.43. The molecule has 0 amide bonds. The van der Waals surface area contributed by atoms with Gasteiger partial charge in [0.2, 0.25) is 0 Å². The quantitative estimate of drug-likeness (QED) is 0.615. The van der Waals surface area contributed by atoms with Gasteiger partial charge in [-0.3, -0.25) is 10.1 Å². The molecule has 0 aromatic heterocycles. The van der Waals surface area contributed by atoms with E-state index in [9.17, 15) is 10.1 Å². The van der Waals surface area contributed by atoms with Crippen LogP contribution in [-0.2, 0) is 0 Å². The molecule has 0 bridgehead atoms. The minimum Gasteiger partial charge on any atom is -0.378 e. The molecule has 1 rings (SSSR count). The Morgan fingerprint density at radius 2 is 2.06 bits per heavy atom. The van der Waals surface area contributed by atoms with Crippen LogP contribution in [0.15, 0.2) is 18.2 Å².